The van der Waals surface area contributed by atoms with Crippen LogP contribution in [0, 0.1) is 12.3 Å². The van der Waals surface area contributed by atoms with E-state index in [0.717, 1.165) is 5.56 Å². The van der Waals surface area contributed by atoms with Crippen LogP contribution in [0.3, 0.4) is 0 Å². The van der Waals surface area contributed by atoms with Gasteiger partial charge in [-0.1, -0.05) is 38.1 Å². The Hall–Kier alpha value is -2.44. The number of aliphatic hydroxyl groups is 2. The van der Waals surface area contributed by atoms with Gasteiger partial charge in [0.25, 0.3) is 0 Å². The number of carbonyl (C=O) groups excluding carboxylic acids is 2. The summed E-state index contributed by atoms with van der Waals surface area (Å²) >= 11 is 0. The van der Waals surface area contributed by atoms with Crippen LogP contribution in [0.25, 0.3) is 6.08 Å². The van der Waals surface area contributed by atoms with Crippen LogP contribution in [-0.4, -0.2) is 45.9 Å². The Morgan fingerprint density at radius 3 is 2.54 bits per heavy atom. The van der Waals surface area contributed by atoms with Crippen LogP contribution in [-0.2, 0) is 9.53 Å². The van der Waals surface area contributed by atoms with Crippen molar-refractivity contribution in [1.29, 1.82) is 0 Å². The number of cyclic esters (lactones) is 1. The highest BCUT2D eigenvalue weighted by Gasteiger charge is 2.25. The van der Waals surface area contributed by atoms with E-state index in [9.17, 15) is 24.9 Å². The van der Waals surface area contributed by atoms with Gasteiger partial charge < -0.3 is 20.1 Å². The number of benzene rings is 1. The summed E-state index contributed by atoms with van der Waals surface area (Å²) in [5, 5.41) is 30.1. The van der Waals surface area contributed by atoms with Crippen molar-refractivity contribution in [2.24, 2.45) is 5.41 Å². The molecule has 0 bridgehead atoms. The third-order valence-corrected chi connectivity index (χ3v) is 4.10. The Morgan fingerprint density at radius 2 is 1.85 bits per heavy atom. The fraction of sp³-hybridized carbons (Fsp3) is 0.400. The third-order valence-electron chi connectivity index (χ3n) is 4.10. The Morgan fingerprint density at radius 1 is 1.15 bits per heavy atom. The molecule has 0 amide bonds. The largest absolute Gasteiger partial charge is 0.507 e. The van der Waals surface area contributed by atoms with Crippen LogP contribution in [0.4, 0.5) is 0 Å². The smallest absolute Gasteiger partial charge is 0.342 e. The molecule has 26 heavy (non-hydrogen) atoms. The maximum absolute atomic E-state index is 12.5. The molecule has 0 unspecified atom stereocenters. The van der Waals surface area contributed by atoms with Crippen molar-refractivity contribution in [1.82, 2.24) is 0 Å². The molecule has 2 atom stereocenters. The van der Waals surface area contributed by atoms with Gasteiger partial charge in [-0.3, -0.25) is 4.79 Å². The van der Waals surface area contributed by atoms with E-state index in [1.54, 1.807) is 32.9 Å². The number of fused-ring (bicyclic) bond motifs is 1. The number of rotatable bonds is 0. The highest BCUT2D eigenvalue weighted by molar-refractivity contribution is 5.97. The molecule has 0 aromatic heterocycles. The van der Waals surface area contributed by atoms with Crippen molar-refractivity contribution in [3.8, 4) is 5.75 Å². The number of hydrogen-bond acceptors (Lipinski definition) is 6. The first-order valence-electron chi connectivity index (χ1n) is 8.37. The van der Waals surface area contributed by atoms with E-state index in [1.165, 1.54) is 24.3 Å². The monoisotopic (exact) mass is 360 g/mol. The minimum Gasteiger partial charge on any atom is -0.507 e. The summed E-state index contributed by atoms with van der Waals surface area (Å²) in [6, 6.07) is 3.18. The Balaban J connectivity index is 2.47. The van der Waals surface area contributed by atoms with Gasteiger partial charge in [0.05, 0.1) is 6.10 Å². The third kappa shape index (κ3) is 4.80. The molecule has 6 nitrogen and oxygen atoms in total. The molecule has 6 heteroatoms. The molecule has 1 aromatic rings. The van der Waals surface area contributed by atoms with E-state index < -0.39 is 29.4 Å². The van der Waals surface area contributed by atoms with E-state index in [4.69, 9.17) is 4.74 Å². The number of ether oxygens (including phenoxy) is 1. The van der Waals surface area contributed by atoms with Crippen LogP contribution >= 0.6 is 0 Å². The zero-order valence-electron chi connectivity index (χ0n) is 15.1. The average Bonchev–Trinajstić information content (AvgIpc) is 2.56. The maximum Gasteiger partial charge on any atom is 0.342 e. The first-order valence-corrected chi connectivity index (χ1v) is 8.37. The van der Waals surface area contributed by atoms with Crippen LogP contribution in [0.2, 0.25) is 0 Å². The van der Waals surface area contributed by atoms with Crippen molar-refractivity contribution in [2.45, 2.75) is 39.4 Å². The predicted octanol–water partition coefficient (Wildman–Crippen LogP) is 2.15. The van der Waals surface area contributed by atoms with Gasteiger partial charge in [0.1, 0.15) is 24.0 Å². The number of esters is 1. The summed E-state index contributed by atoms with van der Waals surface area (Å²) in [7, 11) is 0. The molecule has 1 aliphatic heterocycles. The lowest BCUT2D eigenvalue weighted by molar-refractivity contribution is -0.127. The number of aromatic hydroxyl groups is 1. The molecular formula is C20H24O6. The number of aliphatic hydroxyl groups excluding tert-OH is 2. The standard InChI is InChI=1S/C20H24O6/c1-12-9-13-5-4-6-14(21)18(24)15(22)7-8-20(2,3)11-26-19(25)17(13)16(23)10-12/h4-5,7-10,14,18,21,23-24H,6,11H2,1-3H3/b5-4+,8-7-/t14-,18-/m0/s1. The highest BCUT2D eigenvalue weighted by Crippen LogP contribution is 2.27. The van der Waals surface area contributed by atoms with Crippen LogP contribution in [0.5, 0.6) is 5.75 Å². The van der Waals surface area contributed by atoms with Gasteiger partial charge in [-0.25, -0.2) is 4.79 Å². The molecule has 1 heterocycles. The van der Waals surface area contributed by atoms with Gasteiger partial charge in [0.15, 0.2) is 5.78 Å². The normalized spacial score (nSPS) is 26.3. The lowest BCUT2D eigenvalue weighted by atomic mass is 9.92. The number of aryl methyl sites for hydroxylation is 1. The molecule has 0 radical (unpaired) electrons. The first kappa shape index (κ1) is 19.9. The van der Waals surface area contributed by atoms with Crippen molar-refractivity contribution in [2.75, 3.05) is 6.61 Å². The maximum atomic E-state index is 12.5. The Bertz CT molecular complexity index is 760. The van der Waals surface area contributed by atoms with Crippen molar-refractivity contribution < 1.29 is 29.6 Å². The van der Waals surface area contributed by atoms with E-state index >= 15 is 0 Å². The molecule has 140 valence electrons. The molecule has 0 saturated carbocycles. The topological polar surface area (TPSA) is 104 Å². The van der Waals surface area contributed by atoms with Crippen LogP contribution < -0.4 is 0 Å². The summed E-state index contributed by atoms with van der Waals surface area (Å²) in [6.07, 6.45) is 2.99. The number of phenolic OH excluding ortho intramolecular Hbond substituents is 1. The van der Waals surface area contributed by atoms with Gasteiger partial charge in [0, 0.05) is 5.41 Å². The second-order valence-electron chi connectivity index (χ2n) is 7.20. The molecule has 0 spiro atoms. The summed E-state index contributed by atoms with van der Waals surface area (Å²) in [6.45, 7) is 5.27. The van der Waals surface area contributed by atoms with Gasteiger partial charge >= 0.3 is 5.97 Å². The SMILES string of the molecule is Cc1cc(O)c2c(c1)/C=C/C[C@H](O)[C@H](O)C(=O)/C=C\C(C)(C)COC2=O. The summed E-state index contributed by atoms with van der Waals surface area (Å²) < 4.78 is 5.33. The predicted molar refractivity (Wildman–Crippen MR) is 96.7 cm³/mol. The Labute approximate surface area is 152 Å². The molecule has 0 aliphatic carbocycles. The van der Waals surface area contributed by atoms with E-state index in [-0.39, 0.29) is 24.3 Å². The minimum atomic E-state index is -1.54. The molecule has 3 N–H and O–H groups in total. The molecule has 2 rings (SSSR count). The lowest BCUT2D eigenvalue weighted by Gasteiger charge is -2.21. The summed E-state index contributed by atoms with van der Waals surface area (Å²) in [5.74, 6) is -1.48. The number of phenols is 1. The zero-order valence-corrected chi connectivity index (χ0v) is 15.1. The second kappa shape index (κ2) is 7.85. The van der Waals surface area contributed by atoms with Crippen LogP contribution in [0.1, 0.15) is 41.8 Å². The number of hydrogen-bond donors (Lipinski definition) is 3. The highest BCUT2D eigenvalue weighted by atomic mass is 16.5. The van der Waals surface area contributed by atoms with E-state index in [1.807, 2.05) is 0 Å². The van der Waals surface area contributed by atoms with E-state index in [2.05, 4.69) is 0 Å². The van der Waals surface area contributed by atoms with Gasteiger partial charge in [-0.15, -0.1) is 0 Å². The fourth-order valence-electron chi connectivity index (χ4n) is 2.58. The average molecular weight is 360 g/mol. The molecule has 1 aromatic carbocycles. The fourth-order valence-corrected chi connectivity index (χ4v) is 2.58. The van der Waals surface area contributed by atoms with Crippen molar-refractivity contribution in [3.63, 3.8) is 0 Å². The zero-order chi connectivity index (χ0) is 19.5. The molecular weight excluding hydrogens is 336 g/mol. The van der Waals surface area contributed by atoms with Gasteiger partial charge in [-0.05, 0) is 36.6 Å². The van der Waals surface area contributed by atoms with Gasteiger partial charge in [0.2, 0.25) is 0 Å². The quantitative estimate of drug-likeness (QED) is 0.613. The van der Waals surface area contributed by atoms with Crippen molar-refractivity contribution >= 4 is 17.8 Å². The second-order valence-corrected chi connectivity index (χ2v) is 7.20. The number of carbonyl (C=O) groups is 2. The molecule has 0 saturated heterocycles. The molecule has 1 aliphatic rings. The number of ketones is 1. The minimum absolute atomic E-state index is 0.00727. The van der Waals surface area contributed by atoms with Crippen molar-refractivity contribution in [3.05, 3.63) is 47.1 Å². The van der Waals surface area contributed by atoms with E-state index in [0.29, 0.717) is 5.56 Å². The summed E-state index contributed by atoms with van der Waals surface area (Å²) in [4.78, 5) is 24.5. The van der Waals surface area contributed by atoms with Crippen LogP contribution in [0.15, 0.2) is 30.4 Å². The van der Waals surface area contributed by atoms with Gasteiger partial charge in [-0.2, -0.15) is 0 Å². The summed E-state index contributed by atoms with van der Waals surface area (Å²) in [5.41, 5.74) is 0.552. The first-order chi connectivity index (χ1) is 12.1. The molecule has 0 fully saturated rings. The Kier molecular flexibility index (Phi) is 6.00. The lowest BCUT2D eigenvalue weighted by Crippen LogP contribution is -2.33.